The Morgan fingerprint density at radius 2 is 2.22 bits per heavy atom. The summed E-state index contributed by atoms with van der Waals surface area (Å²) in [6.07, 6.45) is 5.93. The monoisotopic (exact) mass is 378 g/mol. The normalized spacial score (nSPS) is 24.6. The number of nitrogens with one attached hydrogen (secondary N) is 1. The molecule has 0 aromatic carbocycles. The number of imidazole rings is 1. The first kappa shape index (κ1) is 12.6. The minimum Gasteiger partial charge on any atom is -0.393 e. The molecule has 5 nitrogen and oxygen atoms in total. The van der Waals surface area contributed by atoms with E-state index in [2.05, 4.69) is 38.0 Å². The molecule has 1 aliphatic carbocycles. The Kier molecular flexibility index (Phi) is 3.71. The zero-order chi connectivity index (χ0) is 12.5. The molecule has 2 aromatic rings. The number of aromatic nitrogens is 3. The van der Waals surface area contributed by atoms with Gasteiger partial charge in [-0.3, -0.25) is 0 Å². The molecule has 0 spiro atoms. The third kappa shape index (κ3) is 2.77. The first-order valence-corrected chi connectivity index (χ1v) is 8.04. The van der Waals surface area contributed by atoms with E-state index in [0.29, 0.717) is 5.92 Å². The molecule has 0 unspecified atom stereocenters. The summed E-state index contributed by atoms with van der Waals surface area (Å²) in [6.45, 7) is 0.945. The zero-order valence-corrected chi connectivity index (χ0v) is 12.8. The van der Waals surface area contributed by atoms with Crippen LogP contribution in [0.3, 0.4) is 0 Å². The van der Waals surface area contributed by atoms with Crippen LogP contribution >= 0.6 is 33.9 Å². The molecule has 0 radical (unpaired) electrons. The minimum atomic E-state index is -0.0773. The number of anilines is 1. The quantitative estimate of drug-likeness (QED) is 0.806. The maximum absolute atomic E-state index is 9.46. The van der Waals surface area contributed by atoms with Crippen LogP contribution in [0.2, 0.25) is 0 Å². The molecule has 0 saturated heterocycles. The predicted octanol–water partition coefficient (Wildman–Crippen LogP) is 2.36. The Morgan fingerprint density at radius 3 is 2.94 bits per heavy atom. The van der Waals surface area contributed by atoms with Crippen molar-refractivity contribution in [1.82, 2.24) is 14.6 Å². The molecule has 0 aliphatic heterocycles. The average molecular weight is 378 g/mol. The van der Waals surface area contributed by atoms with E-state index in [1.807, 2.05) is 10.7 Å². The van der Waals surface area contributed by atoms with Crippen LogP contribution in [-0.2, 0) is 0 Å². The molecule has 1 aliphatic rings. The summed E-state index contributed by atoms with van der Waals surface area (Å²) in [5.41, 5.74) is 0. The summed E-state index contributed by atoms with van der Waals surface area (Å²) < 4.78 is 2.79. The summed E-state index contributed by atoms with van der Waals surface area (Å²) >= 11 is 3.77. The number of halogens is 1. The molecule has 18 heavy (non-hydrogen) atoms. The fourth-order valence-electron chi connectivity index (χ4n) is 2.33. The predicted molar refractivity (Wildman–Crippen MR) is 80.0 cm³/mol. The van der Waals surface area contributed by atoms with E-state index in [9.17, 15) is 5.11 Å². The Balaban J connectivity index is 1.57. The van der Waals surface area contributed by atoms with Crippen LogP contribution in [0.15, 0.2) is 6.20 Å². The van der Waals surface area contributed by atoms with Gasteiger partial charge in [0.05, 0.1) is 12.3 Å². The van der Waals surface area contributed by atoms with Crippen molar-refractivity contribution in [3.8, 4) is 0 Å². The van der Waals surface area contributed by atoms with Gasteiger partial charge >= 0.3 is 0 Å². The molecule has 3 rings (SSSR count). The van der Waals surface area contributed by atoms with Gasteiger partial charge in [-0.2, -0.15) is 0 Å². The molecule has 2 N–H and O–H groups in total. The Morgan fingerprint density at radius 1 is 1.44 bits per heavy atom. The fourth-order valence-corrected chi connectivity index (χ4v) is 3.77. The lowest BCUT2D eigenvalue weighted by atomic mass is 9.87. The third-order valence-corrected chi connectivity index (χ3v) is 4.77. The summed E-state index contributed by atoms with van der Waals surface area (Å²) in [6, 6.07) is 0. The minimum absolute atomic E-state index is 0.0773. The molecular weight excluding hydrogens is 363 g/mol. The van der Waals surface area contributed by atoms with E-state index in [1.165, 1.54) is 0 Å². The van der Waals surface area contributed by atoms with E-state index >= 15 is 0 Å². The summed E-state index contributed by atoms with van der Waals surface area (Å²) in [5, 5.41) is 18.2. The molecule has 0 bridgehead atoms. The molecule has 0 amide bonds. The lowest BCUT2D eigenvalue weighted by Gasteiger charge is -2.25. The van der Waals surface area contributed by atoms with Gasteiger partial charge in [-0.05, 0) is 54.2 Å². The van der Waals surface area contributed by atoms with Crippen molar-refractivity contribution in [2.45, 2.75) is 31.8 Å². The topological polar surface area (TPSA) is 62.5 Å². The van der Waals surface area contributed by atoms with Gasteiger partial charge in [-0.25, -0.2) is 9.50 Å². The maximum Gasteiger partial charge on any atom is 0.214 e. The first-order valence-electron chi connectivity index (χ1n) is 6.14. The Bertz CT molecular complexity index is 501. The largest absolute Gasteiger partial charge is 0.393 e. The highest BCUT2D eigenvalue weighted by Crippen LogP contribution is 2.25. The van der Waals surface area contributed by atoms with Crippen molar-refractivity contribution in [1.29, 1.82) is 0 Å². The van der Waals surface area contributed by atoms with Crippen molar-refractivity contribution in [2.24, 2.45) is 5.92 Å². The second-order valence-electron chi connectivity index (χ2n) is 4.75. The number of aliphatic hydroxyl groups is 1. The molecule has 2 aromatic heterocycles. The molecule has 2 heterocycles. The highest BCUT2D eigenvalue weighted by atomic mass is 127. The first-order chi connectivity index (χ1) is 8.70. The van der Waals surface area contributed by atoms with Gasteiger partial charge in [-0.1, -0.05) is 11.3 Å². The average Bonchev–Trinajstić information content (AvgIpc) is 2.85. The third-order valence-electron chi connectivity index (χ3n) is 3.37. The summed E-state index contributed by atoms with van der Waals surface area (Å²) in [7, 11) is 0. The number of aliphatic hydroxyl groups excluding tert-OH is 1. The molecule has 7 heteroatoms. The van der Waals surface area contributed by atoms with Gasteiger partial charge in [0.2, 0.25) is 10.1 Å². The summed E-state index contributed by atoms with van der Waals surface area (Å²) in [5.74, 6) is 0.657. The van der Waals surface area contributed by atoms with Crippen molar-refractivity contribution >= 4 is 44.0 Å². The molecule has 98 valence electrons. The Labute approximate surface area is 123 Å². The van der Waals surface area contributed by atoms with Gasteiger partial charge in [0.25, 0.3) is 0 Å². The second kappa shape index (κ2) is 5.30. The van der Waals surface area contributed by atoms with Crippen LogP contribution in [0.25, 0.3) is 4.96 Å². The van der Waals surface area contributed by atoms with Crippen LogP contribution in [-0.4, -0.2) is 32.4 Å². The van der Waals surface area contributed by atoms with Gasteiger partial charge in [0, 0.05) is 6.54 Å². The zero-order valence-electron chi connectivity index (χ0n) is 9.84. The molecule has 1 fully saturated rings. The van der Waals surface area contributed by atoms with Crippen LogP contribution in [0, 0.1) is 9.62 Å². The van der Waals surface area contributed by atoms with Crippen molar-refractivity contribution < 1.29 is 5.11 Å². The lowest BCUT2D eigenvalue weighted by molar-refractivity contribution is 0.111. The van der Waals surface area contributed by atoms with Gasteiger partial charge in [0.15, 0.2) is 0 Å². The molecule has 0 atom stereocenters. The van der Waals surface area contributed by atoms with E-state index in [0.717, 1.165) is 46.0 Å². The van der Waals surface area contributed by atoms with Gasteiger partial charge < -0.3 is 10.4 Å². The van der Waals surface area contributed by atoms with Crippen molar-refractivity contribution in [3.05, 3.63) is 9.90 Å². The van der Waals surface area contributed by atoms with Crippen LogP contribution in [0.1, 0.15) is 25.7 Å². The van der Waals surface area contributed by atoms with Crippen LogP contribution < -0.4 is 5.32 Å². The fraction of sp³-hybridized carbons (Fsp3) is 0.636. The number of hydrogen-bond donors (Lipinski definition) is 2. The Hall–Kier alpha value is -0.410. The van der Waals surface area contributed by atoms with Crippen LogP contribution in [0.5, 0.6) is 0 Å². The van der Waals surface area contributed by atoms with Gasteiger partial charge in [0.1, 0.15) is 3.70 Å². The number of hydrogen-bond acceptors (Lipinski definition) is 5. The van der Waals surface area contributed by atoms with Gasteiger partial charge in [-0.15, -0.1) is 5.10 Å². The van der Waals surface area contributed by atoms with E-state index in [4.69, 9.17) is 0 Å². The molecular formula is C11H15IN4OS. The number of nitrogens with zero attached hydrogens (tertiary/aromatic N) is 3. The highest BCUT2D eigenvalue weighted by Gasteiger charge is 2.19. The standard InChI is InChI=1S/C11H15IN4OS/c12-9-6-16-11(14-9)18-10(15-16)13-5-7-1-3-8(17)4-2-7/h6-8,17H,1-5H2,(H,13,15). The second-order valence-corrected chi connectivity index (χ2v) is 6.81. The number of fused-ring (bicyclic) bond motifs is 1. The van der Waals surface area contributed by atoms with E-state index in [1.54, 1.807) is 11.3 Å². The summed E-state index contributed by atoms with van der Waals surface area (Å²) in [4.78, 5) is 5.30. The number of rotatable bonds is 3. The van der Waals surface area contributed by atoms with E-state index in [-0.39, 0.29) is 6.10 Å². The van der Waals surface area contributed by atoms with Crippen molar-refractivity contribution in [3.63, 3.8) is 0 Å². The maximum atomic E-state index is 9.46. The van der Waals surface area contributed by atoms with E-state index < -0.39 is 0 Å². The van der Waals surface area contributed by atoms with Crippen molar-refractivity contribution in [2.75, 3.05) is 11.9 Å². The van der Waals surface area contributed by atoms with Crippen LogP contribution in [0.4, 0.5) is 5.13 Å². The highest BCUT2D eigenvalue weighted by molar-refractivity contribution is 14.1. The molecule has 1 saturated carbocycles. The lowest BCUT2D eigenvalue weighted by Crippen LogP contribution is -2.23. The SMILES string of the molecule is OC1CCC(CNc2nn3cc(I)nc3s2)CC1. The smallest absolute Gasteiger partial charge is 0.214 e.